The molecule has 1 aromatic rings. The Labute approximate surface area is 126 Å². The van der Waals surface area contributed by atoms with Crippen LogP contribution in [0.3, 0.4) is 0 Å². The molecule has 0 aromatic carbocycles. The Morgan fingerprint density at radius 2 is 2.15 bits per heavy atom. The summed E-state index contributed by atoms with van der Waals surface area (Å²) in [6.45, 7) is 7.42. The van der Waals surface area contributed by atoms with Gasteiger partial charge in [-0.1, -0.05) is 18.5 Å². The maximum atomic E-state index is 6.21. The zero-order valence-corrected chi connectivity index (χ0v) is 13.2. The third-order valence-corrected chi connectivity index (χ3v) is 3.84. The molecule has 0 atom stereocenters. The van der Waals surface area contributed by atoms with E-state index >= 15 is 0 Å². The molecule has 1 aliphatic heterocycles. The molecule has 0 aliphatic carbocycles. The van der Waals surface area contributed by atoms with E-state index in [1.54, 1.807) is 6.20 Å². The minimum Gasteiger partial charge on any atom is -0.357 e. The first kappa shape index (κ1) is 15.3. The highest BCUT2D eigenvalue weighted by atomic mass is 35.5. The Hall–Kier alpha value is -1.07. The van der Waals surface area contributed by atoms with Gasteiger partial charge in [-0.3, -0.25) is 0 Å². The van der Waals surface area contributed by atoms with E-state index in [4.69, 9.17) is 11.6 Å². The molecule has 0 amide bonds. The molecule has 2 heterocycles. The lowest BCUT2D eigenvalue weighted by molar-refractivity contribution is 0.346. The SMILES string of the molecule is CCCNc1ncc(Cl)c(N(C)CCN2CCCC2)n1. The molecule has 5 nitrogen and oxygen atoms in total. The van der Waals surface area contributed by atoms with Crippen LogP contribution in [0, 0.1) is 0 Å². The van der Waals surface area contributed by atoms with E-state index in [9.17, 15) is 0 Å². The first-order valence-electron chi connectivity index (χ1n) is 7.40. The molecule has 0 radical (unpaired) electrons. The lowest BCUT2D eigenvalue weighted by Gasteiger charge is -2.23. The predicted octanol–water partition coefficient (Wildman–Crippen LogP) is 2.48. The molecular formula is C14H24ClN5. The molecule has 20 heavy (non-hydrogen) atoms. The van der Waals surface area contributed by atoms with E-state index in [1.165, 1.54) is 25.9 Å². The number of likely N-dealkylation sites (N-methyl/N-ethyl adjacent to an activating group) is 1. The van der Waals surface area contributed by atoms with Gasteiger partial charge < -0.3 is 15.1 Å². The van der Waals surface area contributed by atoms with Crippen LogP contribution in [0.2, 0.25) is 5.02 Å². The second-order valence-electron chi connectivity index (χ2n) is 5.26. The van der Waals surface area contributed by atoms with Crippen LogP contribution < -0.4 is 10.2 Å². The molecule has 0 unspecified atom stereocenters. The summed E-state index contributed by atoms with van der Waals surface area (Å²) < 4.78 is 0. The van der Waals surface area contributed by atoms with Crippen molar-refractivity contribution in [2.45, 2.75) is 26.2 Å². The van der Waals surface area contributed by atoms with Crippen molar-refractivity contribution in [3.05, 3.63) is 11.2 Å². The molecule has 1 aliphatic rings. The second kappa shape index (κ2) is 7.64. The van der Waals surface area contributed by atoms with E-state index < -0.39 is 0 Å². The zero-order chi connectivity index (χ0) is 14.4. The fourth-order valence-corrected chi connectivity index (χ4v) is 2.59. The van der Waals surface area contributed by atoms with Crippen molar-refractivity contribution in [2.24, 2.45) is 0 Å². The van der Waals surface area contributed by atoms with Gasteiger partial charge in [-0.25, -0.2) is 4.98 Å². The van der Waals surface area contributed by atoms with Crippen LogP contribution in [-0.2, 0) is 0 Å². The van der Waals surface area contributed by atoms with Crippen LogP contribution >= 0.6 is 11.6 Å². The van der Waals surface area contributed by atoms with E-state index in [0.717, 1.165) is 31.9 Å². The summed E-state index contributed by atoms with van der Waals surface area (Å²) in [5.41, 5.74) is 0. The molecular weight excluding hydrogens is 274 g/mol. The number of halogens is 1. The van der Waals surface area contributed by atoms with Gasteiger partial charge in [0.1, 0.15) is 5.02 Å². The second-order valence-corrected chi connectivity index (χ2v) is 5.67. The molecule has 0 bridgehead atoms. The molecule has 0 saturated carbocycles. The predicted molar refractivity (Wildman–Crippen MR) is 84.8 cm³/mol. The monoisotopic (exact) mass is 297 g/mol. The van der Waals surface area contributed by atoms with Crippen LogP contribution in [-0.4, -0.2) is 54.6 Å². The molecule has 1 N–H and O–H groups in total. The average molecular weight is 298 g/mol. The molecule has 112 valence electrons. The van der Waals surface area contributed by atoms with Gasteiger partial charge in [0.15, 0.2) is 5.82 Å². The number of nitrogens with one attached hydrogen (secondary N) is 1. The van der Waals surface area contributed by atoms with Crippen molar-refractivity contribution in [3.63, 3.8) is 0 Å². The summed E-state index contributed by atoms with van der Waals surface area (Å²) in [7, 11) is 2.04. The quantitative estimate of drug-likeness (QED) is 0.838. The Morgan fingerprint density at radius 1 is 1.40 bits per heavy atom. The van der Waals surface area contributed by atoms with E-state index in [2.05, 4.69) is 32.0 Å². The molecule has 1 fully saturated rings. The smallest absolute Gasteiger partial charge is 0.224 e. The van der Waals surface area contributed by atoms with Crippen molar-refractivity contribution >= 4 is 23.4 Å². The van der Waals surface area contributed by atoms with Crippen LogP contribution in [0.15, 0.2) is 6.20 Å². The highest BCUT2D eigenvalue weighted by Gasteiger charge is 2.14. The van der Waals surface area contributed by atoms with E-state index in [-0.39, 0.29) is 0 Å². The molecule has 2 rings (SSSR count). The third kappa shape index (κ3) is 4.21. The van der Waals surface area contributed by atoms with E-state index in [1.807, 2.05) is 7.05 Å². The average Bonchev–Trinajstić information content (AvgIpc) is 2.97. The largest absolute Gasteiger partial charge is 0.357 e. The Kier molecular flexibility index (Phi) is 5.86. The molecule has 1 aromatic heterocycles. The maximum absolute atomic E-state index is 6.21. The lowest BCUT2D eigenvalue weighted by atomic mass is 10.4. The third-order valence-electron chi connectivity index (χ3n) is 3.57. The number of hydrogen-bond acceptors (Lipinski definition) is 5. The van der Waals surface area contributed by atoms with Gasteiger partial charge in [-0.2, -0.15) is 4.98 Å². The van der Waals surface area contributed by atoms with Gasteiger partial charge in [-0.05, 0) is 32.4 Å². The minimum absolute atomic E-state index is 0.607. The van der Waals surface area contributed by atoms with Crippen LogP contribution in [0.4, 0.5) is 11.8 Å². The normalized spacial score (nSPS) is 15.6. The van der Waals surface area contributed by atoms with Gasteiger partial charge in [-0.15, -0.1) is 0 Å². The minimum atomic E-state index is 0.607. The Bertz CT molecular complexity index is 420. The molecule has 1 saturated heterocycles. The van der Waals surface area contributed by atoms with Crippen molar-refractivity contribution < 1.29 is 0 Å². The first-order chi connectivity index (χ1) is 9.70. The van der Waals surface area contributed by atoms with E-state index in [0.29, 0.717) is 11.0 Å². The fraction of sp³-hybridized carbons (Fsp3) is 0.714. The summed E-state index contributed by atoms with van der Waals surface area (Å²) in [4.78, 5) is 13.3. The van der Waals surface area contributed by atoms with Crippen LogP contribution in [0.5, 0.6) is 0 Å². The van der Waals surface area contributed by atoms with Gasteiger partial charge in [0.2, 0.25) is 5.95 Å². The summed E-state index contributed by atoms with van der Waals surface area (Å²) in [6.07, 6.45) is 5.37. The van der Waals surface area contributed by atoms with Gasteiger partial charge in [0, 0.05) is 26.7 Å². The van der Waals surface area contributed by atoms with Crippen molar-refractivity contribution in [1.82, 2.24) is 14.9 Å². The van der Waals surface area contributed by atoms with Gasteiger partial charge >= 0.3 is 0 Å². The lowest BCUT2D eigenvalue weighted by Crippen LogP contribution is -2.32. The molecule has 0 spiro atoms. The number of likely N-dealkylation sites (tertiary alicyclic amines) is 1. The van der Waals surface area contributed by atoms with Crippen molar-refractivity contribution in [1.29, 1.82) is 0 Å². The Balaban J connectivity index is 1.94. The summed E-state index contributed by atoms with van der Waals surface area (Å²) in [6, 6.07) is 0. The standard InChI is InChI=1S/C14H24ClN5/c1-3-6-16-14-17-11-12(15)13(18-14)19(2)9-10-20-7-4-5-8-20/h11H,3-10H2,1-2H3,(H,16,17,18). The highest BCUT2D eigenvalue weighted by Crippen LogP contribution is 2.22. The summed E-state index contributed by atoms with van der Waals surface area (Å²) in [5, 5.41) is 3.80. The first-order valence-corrected chi connectivity index (χ1v) is 7.78. The number of nitrogens with zero attached hydrogens (tertiary/aromatic N) is 4. The summed E-state index contributed by atoms with van der Waals surface area (Å²) >= 11 is 6.21. The van der Waals surface area contributed by atoms with Crippen LogP contribution in [0.25, 0.3) is 0 Å². The molecule has 6 heteroatoms. The number of aromatic nitrogens is 2. The maximum Gasteiger partial charge on any atom is 0.224 e. The van der Waals surface area contributed by atoms with Crippen molar-refractivity contribution in [3.8, 4) is 0 Å². The fourth-order valence-electron chi connectivity index (χ4n) is 2.35. The van der Waals surface area contributed by atoms with Gasteiger partial charge in [0.05, 0.1) is 6.20 Å². The zero-order valence-electron chi connectivity index (χ0n) is 12.4. The van der Waals surface area contributed by atoms with Crippen LogP contribution in [0.1, 0.15) is 26.2 Å². The number of hydrogen-bond donors (Lipinski definition) is 1. The topological polar surface area (TPSA) is 44.3 Å². The summed E-state index contributed by atoms with van der Waals surface area (Å²) in [5.74, 6) is 1.46. The number of rotatable bonds is 7. The van der Waals surface area contributed by atoms with Gasteiger partial charge in [0.25, 0.3) is 0 Å². The highest BCUT2D eigenvalue weighted by molar-refractivity contribution is 6.32. The Morgan fingerprint density at radius 3 is 2.85 bits per heavy atom. The number of anilines is 2. The van der Waals surface area contributed by atoms with Crippen molar-refractivity contribution in [2.75, 3.05) is 50.0 Å².